The summed E-state index contributed by atoms with van der Waals surface area (Å²) in [6.45, 7) is 6.24. The van der Waals surface area contributed by atoms with Crippen molar-refractivity contribution >= 4 is 11.6 Å². The third kappa shape index (κ3) is 3.16. The number of aryl methyl sites for hydroxylation is 2. The van der Waals surface area contributed by atoms with E-state index in [0.717, 1.165) is 22.6 Å². The van der Waals surface area contributed by atoms with Gasteiger partial charge in [-0.2, -0.15) is 0 Å². The summed E-state index contributed by atoms with van der Waals surface area (Å²) in [6.07, 6.45) is 0. The fraction of sp³-hybridized carbons (Fsp3) is 0.389. The number of amides is 1. The lowest BCUT2D eigenvalue weighted by Crippen LogP contribution is -2.27. The molecular formula is C18H24N2O2. The van der Waals surface area contributed by atoms with Crippen LogP contribution in [0, 0.1) is 20.8 Å². The van der Waals surface area contributed by atoms with E-state index in [1.807, 2.05) is 41.9 Å². The molecule has 1 heterocycles. The predicted molar refractivity (Wildman–Crippen MR) is 89.5 cm³/mol. The number of anilines is 1. The van der Waals surface area contributed by atoms with E-state index in [1.165, 1.54) is 0 Å². The molecule has 22 heavy (non-hydrogen) atoms. The van der Waals surface area contributed by atoms with Gasteiger partial charge in [0.2, 0.25) is 0 Å². The lowest BCUT2D eigenvalue weighted by atomic mass is 10.1. The van der Waals surface area contributed by atoms with Crippen LogP contribution >= 0.6 is 0 Å². The molecule has 118 valence electrons. The summed E-state index contributed by atoms with van der Waals surface area (Å²) in [5.74, 6) is 1.50. The molecule has 4 nitrogen and oxygen atoms in total. The number of rotatable bonds is 4. The van der Waals surface area contributed by atoms with Gasteiger partial charge in [0.25, 0.3) is 5.91 Å². The van der Waals surface area contributed by atoms with Gasteiger partial charge in [0.05, 0.1) is 5.56 Å². The molecule has 1 amide bonds. The van der Waals surface area contributed by atoms with Crippen LogP contribution in [0.15, 0.2) is 28.7 Å². The Morgan fingerprint density at radius 1 is 1.00 bits per heavy atom. The molecule has 0 aliphatic rings. The molecule has 0 unspecified atom stereocenters. The van der Waals surface area contributed by atoms with E-state index < -0.39 is 0 Å². The van der Waals surface area contributed by atoms with Gasteiger partial charge in [-0.1, -0.05) is 12.1 Å². The summed E-state index contributed by atoms with van der Waals surface area (Å²) in [5, 5.41) is 0. The molecule has 0 N–H and O–H groups in total. The van der Waals surface area contributed by atoms with Gasteiger partial charge in [0, 0.05) is 38.9 Å². The van der Waals surface area contributed by atoms with E-state index in [-0.39, 0.29) is 5.91 Å². The first-order valence-electron chi connectivity index (χ1n) is 7.39. The number of carbonyl (C=O) groups is 1. The first kappa shape index (κ1) is 16.1. The number of carbonyl (C=O) groups excluding carboxylic acids is 1. The average molecular weight is 300 g/mol. The van der Waals surface area contributed by atoms with Crippen molar-refractivity contribution in [2.45, 2.75) is 27.3 Å². The second-order valence-corrected chi connectivity index (χ2v) is 5.94. The highest BCUT2D eigenvalue weighted by atomic mass is 16.3. The summed E-state index contributed by atoms with van der Waals surface area (Å²) in [4.78, 5) is 16.4. The zero-order chi connectivity index (χ0) is 16.4. The van der Waals surface area contributed by atoms with Crippen molar-refractivity contribution < 1.29 is 9.21 Å². The molecule has 0 atom stereocenters. The van der Waals surface area contributed by atoms with Crippen molar-refractivity contribution in [3.05, 3.63) is 52.5 Å². The Hall–Kier alpha value is -2.23. The monoisotopic (exact) mass is 300 g/mol. The minimum absolute atomic E-state index is 0.00327. The molecular weight excluding hydrogens is 276 g/mol. The van der Waals surface area contributed by atoms with E-state index in [2.05, 4.69) is 29.2 Å². The Morgan fingerprint density at radius 3 is 2.05 bits per heavy atom. The molecule has 0 bridgehead atoms. The maximum absolute atomic E-state index is 12.6. The highest BCUT2D eigenvalue weighted by Gasteiger charge is 2.21. The molecule has 0 aliphatic carbocycles. The Morgan fingerprint density at radius 2 is 1.59 bits per heavy atom. The normalized spacial score (nSPS) is 10.6. The van der Waals surface area contributed by atoms with Gasteiger partial charge < -0.3 is 14.2 Å². The van der Waals surface area contributed by atoms with Gasteiger partial charge in [-0.25, -0.2) is 0 Å². The number of hydrogen-bond acceptors (Lipinski definition) is 3. The smallest absolute Gasteiger partial charge is 0.257 e. The Labute approximate surface area is 132 Å². The lowest BCUT2D eigenvalue weighted by molar-refractivity contribution is 0.0782. The molecule has 0 aliphatic heterocycles. The van der Waals surface area contributed by atoms with Crippen molar-refractivity contribution in [2.24, 2.45) is 0 Å². The van der Waals surface area contributed by atoms with Crippen LogP contribution in [-0.2, 0) is 6.54 Å². The number of nitrogens with zero attached hydrogens (tertiary/aromatic N) is 2. The highest BCUT2D eigenvalue weighted by Crippen LogP contribution is 2.23. The zero-order valence-corrected chi connectivity index (χ0v) is 14.2. The third-order valence-electron chi connectivity index (χ3n) is 3.99. The second-order valence-electron chi connectivity index (χ2n) is 5.94. The fourth-order valence-corrected chi connectivity index (χ4v) is 2.54. The van der Waals surface area contributed by atoms with Crippen LogP contribution in [0.1, 0.15) is 33.0 Å². The van der Waals surface area contributed by atoms with Crippen molar-refractivity contribution in [2.75, 3.05) is 26.0 Å². The molecule has 1 aromatic carbocycles. The molecule has 1 aromatic heterocycles. The van der Waals surface area contributed by atoms with E-state index in [1.54, 1.807) is 4.90 Å². The van der Waals surface area contributed by atoms with Crippen molar-refractivity contribution in [1.29, 1.82) is 0 Å². The van der Waals surface area contributed by atoms with E-state index in [4.69, 9.17) is 4.42 Å². The van der Waals surface area contributed by atoms with E-state index in [9.17, 15) is 4.79 Å². The summed E-state index contributed by atoms with van der Waals surface area (Å²) in [5.41, 5.74) is 3.87. The first-order valence-corrected chi connectivity index (χ1v) is 7.39. The van der Waals surface area contributed by atoms with Gasteiger partial charge in [0.1, 0.15) is 11.5 Å². The molecule has 0 saturated heterocycles. The number of benzene rings is 1. The predicted octanol–water partition coefficient (Wildman–Crippen LogP) is 3.54. The largest absolute Gasteiger partial charge is 0.466 e. The Balaban J connectivity index is 2.14. The Bertz CT molecular complexity index is 669. The van der Waals surface area contributed by atoms with Gasteiger partial charge in [-0.05, 0) is 38.5 Å². The van der Waals surface area contributed by atoms with Crippen LogP contribution in [0.5, 0.6) is 0 Å². The van der Waals surface area contributed by atoms with Crippen molar-refractivity contribution in [1.82, 2.24) is 4.90 Å². The van der Waals surface area contributed by atoms with E-state index >= 15 is 0 Å². The first-order chi connectivity index (χ1) is 10.3. The molecule has 4 heteroatoms. The van der Waals surface area contributed by atoms with Crippen LogP contribution in [0.3, 0.4) is 0 Å². The number of furan rings is 1. The van der Waals surface area contributed by atoms with Crippen molar-refractivity contribution in [3.63, 3.8) is 0 Å². The van der Waals surface area contributed by atoms with Crippen LogP contribution in [0.2, 0.25) is 0 Å². The number of hydrogen-bond donors (Lipinski definition) is 0. The SMILES string of the molecule is Cc1oc(C)c(C(=O)N(C)Cc2ccc(N(C)C)cc2)c1C. The zero-order valence-electron chi connectivity index (χ0n) is 14.2. The quantitative estimate of drug-likeness (QED) is 0.866. The second kappa shape index (κ2) is 6.26. The summed E-state index contributed by atoms with van der Waals surface area (Å²) >= 11 is 0. The van der Waals surface area contributed by atoms with Crippen LogP contribution in [0.4, 0.5) is 5.69 Å². The molecule has 0 spiro atoms. The summed E-state index contributed by atoms with van der Waals surface area (Å²) in [7, 11) is 5.85. The van der Waals surface area contributed by atoms with Crippen LogP contribution in [-0.4, -0.2) is 32.0 Å². The van der Waals surface area contributed by atoms with Gasteiger partial charge >= 0.3 is 0 Å². The fourth-order valence-electron chi connectivity index (χ4n) is 2.54. The highest BCUT2D eigenvalue weighted by molar-refractivity contribution is 5.96. The standard InChI is InChI=1S/C18H24N2O2/c1-12-13(2)22-14(3)17(12)18(21)20(6)11-15-7-9-16(10-8-15)19(4)5/h7-10H,11H2,1-6H3. The summed E-state index contributed by atoms with van der Waals surface area (Å²) in [6, 6.07) is 8.23. The topological polar surface area (TPSA) is 36.7 Å². The average Bonchev–Trinajstić information content (AvgIpc) is 2.72. The lowest BCUT2D eigenvalue weighted by Gasteiger charge is -2.18. The third-order valence-corrected chi connectivity index (χ3v) is 3.99. The Kier molecular flexibility index (Phi) is 4.59. The maximum Gasteiger partial charge on any atom is 0.257 e. The molecule has 0 radical (unpaired) electrons. The van der Waals surface area contributed by atoms with Crippen LogP contribution < -0.4 is 4.90 Å². The van der Waals surface area contributed by atoms with Gasteiger partial charge in [-0.15, -0.1) is 0 Å². The molecule has 0 fully saturated rings. The molecule has 2 aromatic rings. The minimum atomic E-state index is 0.00327. The molecule has 2 rings (SSSR count). The molecule has 0 saturated carbocycles. The van der Waals surface area contributed by atoms with Gasteiger partial charge in [0.15, 0.2) is 0 Å². The summed E-state index contributed by atoms with van der Waals surface area (Å²) < 4.78 is 5.56. The maximum atomic E-state index is 12.6. The van der Waals surface area contributed by atoms with Gasteiger partial charge in [-0.3, -0.25) is 4.79 Å². The minimum Gasteiger partial charge on any atom is -0.466 e. The van der Waals surface area contributed by atoms with Crippen LogP contribution in [0.25, 0.3) is 0 Å². The van der Waals surface area contributed by atoms with E-state index in [0.29, 0.717) is 17.9 Å². The van der Waals surface area contributed by atoms with Crippen molar-refractivity contribution in [3.8, 4) is 0 Å².